The van der Waals surface area contributed by atoms with Crippen molar-refractivity contribution in [3.8, 4) is 0 Å². The van der Waals surface area contributed by atoms with Crippen LogP contribution in [0.4, 0.5) is 13.2 Å². The molecular formula is C29H33BrF3N3O2. The van der Waals surface area contributed by atoms with Crippen LogP contribution in [0.2, 0.25) is 0 Å². The van der Waals surface area contributed by atoms with Crippen molar-refractivity contribution in [1.29, 1.82) is 0 Å². The first kappa shape index (κ1) is 29.5. The third kappa shape index (κ3) is 8.21. The molecule has 204 valence electrons. The number of benzene rings is 2. The molecule has 0 aliphatic heterocycles. The van der Waals surface area contributed by atoms with Crippen LogP contribution in [-0.2, 0) is 24.1 Å². The van der Waals surface area contributed by atoms with Crippen molar-refractivity contribution in [2.75, 3.05) is 19.6 Å². The van der Waals surface area contributed by atoms with Crippen LogP contribution < -0.4 is 0 Å². The molecule has 2 aromatic carbocycles. The summed E-state index contributed by atoms with van der Waals surface area (Å²) in [5, 5.41) is 0. The Bertz CT molecular complexity index is 1230. The number of carbonyl (C=O) groups is 2. The number of aromatic nitrogens is 1. The van der Waals surface area contributed by atoms with Gasteiger partial charge >= 0.3 is 6.18 Å². The Hall–Kier alpha value is -3.07. The van der Waals surface area contributed by atoms with Crippen molar-refractivity contribution >= 4 is 27.7 Å². The molecule has 0 radical (unpaired) electrons. The van der Waals surface area contributed by atoms with Gasteiger partial charge in [-0.15, -0.1) is 0 Å². The molecule has 38 heavy (non-hydrogen) atoms. The van der Waals surface area contributed by atoms with E-state index in [0.29, 0.717) is 30.8 Å². The predicted molar refractivity (Wildman–Crippen MR) is 146 cm³/mol. The summed E-state index contributed by atoms with van der Waals surface area (Å²) in [6.45, 7) is 5.34. The van der Waals surface area contributed by atoms with Crippen LogP contribution in [0.5, 0.6) is 0 Å². The highest BCUT2D eigenvalue weighted by Crippen LogP contribution is 2.29. The molecule has 3 aromatic rings. The SMILES string of the molecule is CCCCCN(Cc1cccn1Cc1cccc(C(F)(F)F)c1)C(=O)CN(CC)C(=O)c1cccc(Br)c1. The van der Waals surface area contributed by atoms with Crippen molar-refractivity contribution < 1.29 is 22.8 Å². The van der Waals surface area contributed by atoms with Crippen molar-refractivity contribution in [2.45, 2.75) is 52.4 Å². The summed E-state index contributed by atoms with van der Waals surface area (Å²) < 4.78 is 42.2. The van der Waals surface area contributed by atoms with E-state index in [9.17, 15) is 22.8 Å². The standard InChI is InChI=1S/C29H33BrF3N3O2/c1-3-5-6-15-36(27(37)21-34(4-2)28(38)23-11-8-13-25(30)18-23)20-26-14-9-16-35(26)19-22-10-7-12-24(17-22)29(31,32)33/h7-14,16-18H,3-6,15,19-21H2,1-2H3. The molecule has 0 saturated carbocycles. The molecule has 0 atom stereocenters. The molecule has 0 fully saturated rings. The number of hydrogen-bond acceptors (Lipinski definition) is 2. The van der Waals surface area contributed by atoms with Crippen LogP contribution in [0.25, 0.3) is 0 Å². The van der Waals surface area contributed by atoms with E-state index < -0.39 is 11.7 Å². The number of carbonyl (C=O) groups excluding carboxylic acids is 2. The highest BCUT2D eigenvalue weighted by atomic mass is 79.9. The maximum Gasteiger partial charge on any atom is 0.416 e. The third-order valence-electron chi connectivity index (χ3n) is 6.33. The zero-order valence-corrected chi connectivity index (χ0v) is 23.3. The highest BCUT2D eigenvalue weighted by molar-refractivity contribution is 9.10. The number of rotatable bonds is 12. The number of amides is 2. The molecule has 0 aliphatic carbocycles. The van der Waals surface area contributed by atoms with E-state index in [4.69, 9.17) is 0 Å². The minimum absolute atomic E-state index is 0.0533. The van der Waals surface area contributed by atoms with E-state index in [2.05, 4.69) is 22.9 Å². The Labute approximate surface area is 230 Å². The third-order valence-corrected chi connectivity index (χ3v) is 6.83. The summed E-state index contributed by atoms with van der Waals surface area (Å²) >= 11 is 3.38. The van der Waals surface area contributed by atoms with Gasteiger partial charge in [0.05, 0.1) is 12.1 Å². The Morgan fingerprint density at radius 3 is 2.39 bits per heavy atom. The molecule has 0 saturated heterocycles. The Balaban J connectivity index is 1.76. The van der Waals surface area contributed by atoms with Crippen LogP contribution in [-0.4, -0.2) is 45.8 Å². The largest absolute Gasteiger partial charge is 0.416 e. The predicted octanol–water partition coefficient (Wildman–Crippen LogP) is 7.00. The fourth-order valence-corrected chi connectivity index (χ4v) is 4.62. The van der Waals surface area contributed by atoms with Crippen LogP contribution in [0.3, 0.4) is 0 Å². The molecule has 2 amide bonds. The minimum atomic E-state index is -4.41. The maximum absolute atomic E-state index is 13.4. The molecule has 3 rings (SSSR count). The zero-order chi connectivity index (χ0) is 27.7. The number of alkyl halides is 3. The Kier molecular flexibility index (Phi) is 10.6. The molecule has 0 aliphatic rings. The maximum atomic E-state index is 13.4. The van der Waals surface area contributed by atoms with E-state index in [1.165, 1.54) is 11.0 Å². The van der Waals surface area contributed by atoms with Crippen molar-refractivity contribution in [2.24, 2.45) is 0 Å². The van der Waals surface area contributed by atoms with Gasteiger partial charge in [-0.25, -0.2) is 0 Å². The second kappa shape index (κ2) is 13.6. The first-order valence-electron chi connectivity index (χ1n) is 12.7. The minimum Gasteiger partial charge on any atom is -0.345 e. The van der Waals surface area contributed by atoms with Crippen LogP contribution >= 0.6 is 15.9 Å². The first-order valence-corrected chi connectivity index (χ1v) is 13.5. The van der Waals surface area contributed by atoms with Crippen LogP contribution in [0.1, 0.15) is 60.3 Å². The number of likely N-dealkylation sites (N-methyl/N-ethyl adjacent to an activating group) is 1. The van der Waals surface area contributed by atoms with E-state index in [1.54, 1.807) is 35.4 Å². The van der Waals surface area contributed by atoms with Crippen molar-refractivity contribution in [3.63, 3.8) is 0 Å². The monoisotopic (exact) mass is 591 g/mol. The molecule has 0 spiro atoms. The van der Waals surface area contributed by atoms with Gasteiger partial charge in [0, 0.05) is 41.6 Å². The fourth-order valence-electron chi connectivity index (χ4n) is 4.22. The lowest BCUT2D eigenvalue weighted by molar-refractivity contribution is -0.137. The van der Waals surface area contributed by atoms with Gasteiger partial charge in [-0.1, -0.05) is 53.9 Å². The van der Waals surface area contributed by atoms with Gasteiger partial charge in [-0.3, -0.25) is 9.59 Å². The Morgan fingerprint density at radius 1 is 0.947 bits per heavy atom. The molecule has 0 unspecified atom stereocenters. The molecule has 9 heteroatoms. The molecule has 0 bridgehead atoms. The van der Waals surface area contributed by atoms with Crippen LogP contribution in [0.15, 0.2) is 71.3 Å². The molecular weight excluding hydrogens is 559 g/mol. The average Bonchev–Trinajstić information content (AvgIpc) is 3.32. The first-order chi connectivity index (χ1) is 18.1. The molecule has 1 aromatic heterocycles. The van der Waals surface area contributed by atoms with Gasteiger partial charge in [-0.2, -0.15) is 13.2 Å². The van der Waals surface area contributed by atoms with Gasteiger partial charge in [0.25, 0.3) is 5.91 Å². The number of nitrogens with zero attached hydrogens (tertiary/aromatic N) is 3. The van der Waals surface area contributed by atoms with Gasteiger partial charge < -0.3 is 14.4 Å². The number of halogens is 4. The number of unbranched alkanes of at least 4 members (excludes halogenated alkanes) is 2. The number of hydrogen-bond donors (Lipinski definition) is 0. The van der Waals surface area contributed by atoms with E-state index in [-0.39, 0.29) is 24.9 Å². The fraction of sp³-hybridized carbons (Fsp3) is 0.379. The van der Waals surface area contributed by atoms with Gasteiger partial charge in [0.15, 0.2) is 0 Å². The second-order valence-corrected chi connectivity index (χ2v) is 10.1. The van der Waals surface area contributed by atoms with E-state index in [0.717, 1.165) is 41.6 Å². The summed E-state index contributed by atoms with van der Waals surface area (Å²) in [4.78, 5) is 29.8. The summed E-state index contributed by atoms with van der Waals surface area (Å²) in [5.74, 6) is -0.387. The average molecular weight is 593 g/mol. The highest BCUT2D eigenvalue weighted by Gasteiger charge is 2.30. The van der Waals surface area contributed by atoms with Gasteiger partial charge in [-0.05, 0) is 61.4 Å². The molecule has 5 nitrogen and oxygen atoms in total. The second-order valence-electron chi connectivity index (χ2n) is 9.18. The van der Waals surface area contributed by atoms with Gasteiger partial charge in [0.2, 0.25) is 5.91 Å². The summed E-state index contributed by atoms with van der Waals surface area (Å²) in [6, 6.07) is 16.0. The van der Waals surface area contributed by atoms with E-state index >= 15 is 0 Å². The summed E-state index contributed by atoms with van der Waals surface area (Å²) in [6.07, 6.45) is 0.179. The van der Waals surface area contributed by atoms with Crippen molar-refractivity contribution in [1.82, 2.24) is 14.4 Å². The lowest BCUT2D eigenvalue weighted by Crippen LogP contribution is -2.43. The molecule has 0 N–H and O–H groups in total. The Morgan fingerprint density at radius 2 is 1.71 bits per heavy atom. The summed E-state index contributed by atoms with van der Waals surface area (Å²) in [5.41, 5.74) is 1.16. The van der Waals surface area contributed by atoms with E-state index in [1.807, 2.05) is 29.7 Å². The normalized spacial score (nSPS) is 11.4. The summed E-state index contributed by atoms with van der Waals surface area (Å²) in [7, 11) is 0. The quantitative estimate of drug-likeness (QED) is 0.213. The smallest absolute Gasteiger partial charge is 0.345 e. The van der Waals surface area contributed by atoms with Crippen LogP contribution in [0, 0.1) is 0 Å². The topological polar surface area (TPSA) is 45.6 Å². The molecule has 1 heterocycles. The van der Waals surface area contributed by atoms with Gasteiger partial charge in [0.1, 0.15) is 6.54 Å². The lowest BCUT2D eigenvalue weighted by Gasteiger charge is -2.28. The zero-order valence-electron chi connectivity index (χ0n) is 21.7. The van der Waals surface area contributed by atoms with Crippen molar-refractivity contribution in [3.05, 3.63) is 93.7 Å². The lowest BCUT2D eigenvalue weighted by atomic mass is 10.1.